The Balaban J connectivity index is 2.06. The summed E-state index contributed by atoms with van der Waals surface area (Å²) in [5.41, 5.74) is 0.163. The van der Waals surface area contributed by atoms with Crippen LogP contribution in [0.5, 0.6) is 0 Å². The third-order valence-corrected chi connectivity index (χ3v) is 5.81. The van der Waals surface area contributed by atoms with Crippen molar-refractivity contribution in [2.24, 2.45) is 16.7 Å². The van der Waals surface area contributed by atoms with Gasteiger partial charge in [0.1, 0.15) is 0 Å². The molecule has 0 heterocycles. The second kappa shape index (κ2) is 4.22. The number of aliphatic hydroxyl groups excluding tert-OH is 1. The summed E-state index contributed by atoms with van der Waals surface area (Å²) >= 11 is 0. The quantitative estimate of drug-likeness (QED) is 0.821. The Kier molecular flexibility index (Phi) is 3.25. The largest absolute Gasteiger partial charge is 0.391 e. The number of carbonyl (C=O) groups is 1. The van der Waals surface area contributed by atoms with Crippen LogP contribution in [0.1, 0.15) is 53.4 Å². The first kappa shape index (κ1) is 13.9. The number of carbonyl (C=O) groups excluding carboxylic acids is 1. The first-order valence-electron chi connectivity index (χ1n) is 7.16. The lowest BCUT2D eigenvalue weighted by Gasteiger charge is -2.35. The first-order chi connectivity index (χ1) is 8.21. The third kappa shape index (κ3) is 1.87. The fourth-order valence-electron chi connectivity index (χ4n) is 3.72. The fourth-order valence-corrected chi connectivity index (χ4v) is 3.72. The predicted molar refractivity (Wildman–Crippen MR) is 72.1 cm³/mol. The summed E-state index contributed by atoms with van der Waals surface area (Å²) < 4.78 is 0. The van der Waals surface area contributed by atoms with Crippen LogP contribution < -0.4 is 0 Å². The van der Waals surface area contributed by atoms with Crippen molar-refractivity contribution in [3.8, 4) is 0 Å². The van der Waals surface area contributed by atoms with E-state index in [0.717, 1.165) is 25.7 Å². The average molecular weight is 253 g/mol. The van der Waals surface area contributed by atoms with Gasteiger partial charge in [-0.15, -0.1) is 0 Å². The molecule has 2 unspecified atom stereocenters. The number of likely N-dealkylation sites (N-methyl/N-ethyl adjacent to an activating group) is 1. The molecule has 2 aliphatic carbocycles. The average Bonchev–Trinajstić information content (AvgIpc) is 2.68. The van der Waals surface area contributed by atoms with Crippen molar-refractivity contribution in [3.63, 3.8) is 0 Å². The Labute approximate surface area is 111 Å². The van der Waals surface area contributed by atoms with Gasteiger partial charge in [0, 0.05) is 13.0 Å². The van der Waals surface area contributed by atoms with Crippen LogP contribution in [-0.4, -0.2) is 35.1 Å². The monoisotopic (exact) mass is 253 g/mol. The number of rotatable bonds is 2. The molecule has 0 bridgehead atoms. The van der Waals surface area contributed by atoms with Crippen LogP contribution in [0.2, 0.25) is 0 Å². The van der Waals surface area contributed by atoms with Gasteiger partial charge < -0.3 is 10.0 Å². The van der Waals surface area contributed by atoms with E-state index in [1.165, 1.54) is 0 Å². The number of aliphatic hydroxyl groups is 1. The van der Waals surface area contributed by atoms with Gasteiger partial charge in [0.15, 0.2) is 0 Å². The standard InChI is InChI=1S/C15H27NO2/c1-14(2)12(15(14,3)4)13(18)16(5)10-8-6-7-9-11(10)17/h10-12,17H,6-9H2,1-5H3. The smallest absolute Gasteiger partial charge is 0.226 e. The molecule has 104 valence electrons. The van der Waals surface area contributed by atoms with E-state index >= 15 is 0 Å². The normalized spacial score (nSPS) is 34.1. The highest BCUT2D eigenvalue weighted by Crippen LogP contribution is 2.68. The SMILES string of the molecule is CN(C(=O)C1C(C)(C)C1(C)C)C1CCCCC1O. The molecular weight excluding hydrogens is 226 g/mol. The van der Waals surface area contributed by atoms with Crippen LogP contribution in [0.15, 0.2) is 0 Å². The molecule has 18 heavy (non-hydrogen) atoms. The van der Waals surface area contributed by atoms with Crippen LogP contribution in [0, 0.1) is 16.7 Å². The van der Waals surface area contributed by atoms with Gasteiger partial charge in [-0.25, -0.2) is 0 Å². The van der Waals surface area contributed by atoms with Gasteiger partial charge in [-0.1, -0.05) is 40.5 Å². The highest BCUT2D eigenvalue weighted by atomic mass is 16.3. The molecule has 0 aromatic carbocycles. The lowest BCUT2D eigenvalue weighted by atomic mass is 9.91. The minimum atomic E-state index is -0.335. The number of hydrogen-bond donors (Lipinski definition) is 1. The molecule has 2 rings (SSSR count). The molecule has 0 radical (unpaired) electrons. The molecule has 2 saturated carbocycles. The van der Waals surface area contributed by atoms with Gasteiger partial charge in [-0.05, 0) is 23.7 Å². The molecule has 0 aliphatic heterocycles. The Morgan fingerprint density at radius 3 is 2.06 bits per heavy atom. The van der Waals surface area contributed by atoms with Crippen molar-refractivity contribution in [1.82, 2.24) is 4.90 Å². The molecule has 0 saturated heterocycles. The van der Waals surface area contributed by atoms with Crippen molar-refractivity contribution >= 4 is 5.91 Å². The van der Waals surface area contributed by atoms with Gasteiger partial charge in [0.2, 0.25) is 5.91 Å². The van der Waals surface area contributed by atoms with E-state index in [9.17, 15) is 9.90 Å². The molecule has 2 atom stereocenters. The van der Waals surface area contributed by atoms with Crippen molar-refractivity contribution in [2.45, 2.75) is 65.5 Å². The highest BCUT2D eigenvalue weighted by molar-refractivity contribution is 5.84. The second-order valence-electron chi connectivity index (χ2n) is 7.24. The molecule has 0 aromatic rings. The summed E-state index contributed by atoms with van der Waals surface area (Å²) in [6, 6.07) is 0.0263. The van der Waals surface area contributed by atoms with E-state index in [0.29, 0.717) is 0 Å². The van der Waals surface area contributed by atoms with Crippen LogP contribution in [0.4, 0.5) is 0 Å². The van der Waals surface area contributed by atoms with E-state index in [1.807, 2.05) is 11.9 Å². The molecule has 1 N–H and O–H groups in total. The maximum absolute atomic E-state index is 12.6. The Bertz CT molecular complexity index is 334. The van der Waals surface area contributed by atoms with Crippen LogP contribution in [0.25, 0.3) is 0 Å². The maximum Gasteiger partial charge on any atom is 0.226 e. The predicted octanol–water partition coefficient (Wildman–Crippen LogP) is 2.43. The van der Waals surface area contributed by atoms with Crippen LogP contribution in [0.3, 0.4) is 0 Å². The zero-order valence-corrected chi connectivity index (χ0v) is 12.4. The van der Waals surface area contributed by atoms with E-state index in [4.69, 9.17) is 0 Å². The minimum Gasteiger partial charge on any atom is -0.391 e. The number of nitrogens with zero attached hydrogens (tertiary/aromatic N) is 1. The lowest BCUT2D eigenvalue weighted by molar-refractivity contribution is -0.138. The Hall–Kier alpha value is -0.570. The Morgan fingerprint density at radius 2 is 1.61 bits per heavy atom. The van der Waals surface area contributed by atoms with E-state index < -0.39 is 0 Å². The molecule has 3 nitrogen and oxygen atoms in total. The summed E-state index contributed by atoms with van der Waals surface area (Å²) in [6.45, 7) is 8.67. The first-order valence-corrected chi connectivity index (χ1v) is 7.16. The topological polar surface area (TPSA) is 40.5 Å². The van der Waals surface area contributed by atoms with Crippen molar-refractivity contribution in [1.29, 1.82) is 0 Å². The van der Waals surface area contributed by atoms with E-state index in [-0.39, 0.29) is 34.8 Å². The van der Waals surface area contributed by atoms with E-state index in [2.05, 4.69) is 27.7 Å². The second-order valence-corrected chi connectivity index (χ2v) is 7.24. The highest BCUT2D eigenvalue weighted by Gasteiger charge is 2.68. The molecule has 1 amide bonds. The Morgan fingerprint density at radius 1 is 1.11 bits per heavy atom. The maximum atomic E-state index is 12.6. The minimum absolute atomic E-state index is 0.0263. The van der Waals surface area contributed by atoms with Gasteiger partial charge in [-0.3, -0.25) is 4.79 Å². The van der Waals surface area contributed by atoms with Gasteiger partial charge in [0.05, 0.1) is 12.1 Å². The zero-order valence-electron chi connectivity index (χ0n) is 12.4. The van der Waals surface area contributed by atoms with E-state index in [1.54, 1.807) is 0 Å². The van der Waals surface area contributed by atoms with Crippen LogP contribution in [-0.2, 0) is 4.79 Å². The van der Waals surface area contributed by atoms with Crippen molar-refractivity contribution in [2.75, 3.05) is 7.05 Å². The lowest BCUT2D eigenvalue weighted by Crippen LogP contribution is -2.47. The number of hydrogen-bond acceptors (Lipinski definition) is 2. The zero-order chi connectivity index (χ0) is 13.7. The van der Waals surface area contributed by atoms with Crippen molar-refractivity contribution in [3.05, 3.63) is 0 Å². The van der Waals surface area contributed by atoms with Gasteiger partial charge in [0.25, 0.3) is 0 Å². The summed E-state index contributed by atoms with van der Waals surface area (Å²) in [5.74, 6) is 0.320. The van der Waals surface area contributed by atoms with Gasteiger partial charge >= 0.3 is 0 Å². The molecule has 0 aromatic heterocycles. The third-order valence-electron chi connectivity index (χ3n) is 5.81. The summed E-state index contributed by atoms with van der Waals surface area (Å²) in [4.78, 5) is 14.4. The number of amides is 1. The summed E-state index contributed by atoms with van der Waals surface area (Å²) in [5, 5.41) is 10.1. The molecular formula is C15H27NO2. The van der Waals surface area contributed by atoms with Crippen LogP contribution >= 0.6 is 0 Å². The molecule has 2 aliphatic rings. The summed E-state index contributed by atoms with van der Waals surface area (Å²) in [7, 11) is 1.87. The van der Waals surface area contributed by atoms with Gasteiger partial charge in [-0.2, -0.15) is 0 Å². The molecule has 2 fully saturated rings. The van der Waals surface area contributed by atoms with Crippen molar-refractivity contribution < 1.29 is 9.90 Å². The summed E-state index contributed by atoms with van der Waals surface area (Å²) in [6.07, 6.45) is 3.64. The fraction of sp³-hybridized carbons (Fsp3) is 0.933. The molecule has 0 spiro atoms. The molecule has 3 heteroatoms.